The molecular formula is C30H44N4O6. The van der Waals surface area contributed by atoms with E-state index in [-0.39, 0.29) is 48.5 Å². The minimum atomic E-state index is -0.589. The SMILES string of the molecule is O=C1CCCCC=CCCCCC(=O)N[C@H]2CN(C(=O)CCCCC=CCCCCC(=O)N3C[C@H](N1)C3=O)C2=O. The zero-order valence-electron chi connectivity index (χ0n) is 23.5. The van der Waals surface area contributed by atoms with Crippen LogP contribution in [-0.2, 0) is 28.8 Å². The first-order valence-corrected chi connectivity index (χ1v) is 14.9. The van der Waals surface area contributed by atoms with Gasteiger partial charge in [-0.2, -0.15) is 0 Å². The summed E-state index contributed by atoms with van der Waals surface area (Å²) in [4.78, 5) is 76.0. The Hall–Kier alpha value is -3.30. The zero-order valence-corrected chi connectivity index (χ0v) is 23.5. The fourth-order valence-corrected chi connectivity index (χ4v) is 4.96. The van der Waals surface area contributed by atoms with Gasteiger partial charge in [-0.05, 0) is 77.0 Å². The van der Waals surface area contributed by atoms with E-state index in [0.29, 0.717) is 38.5 Å². The molecule has 6 heterocycles. The molecule has 0 unspecified atom stereocenters. The van der Waals surface area contributed by atoms with Crippen LogP contribution in [0.2, 0.25) is 0 Å². The third-order valence-corrected chi connectivity index (χ3v) is 7.54. The van der Waals surface area contributed by atoms with Crippen molar-refractivity contribution < 1.29 is 28.8 Å². The number of carbonyl (C=O) groups excluding carboxylic acids is 6. The number of β-lactam (4-membered cyclic amide) rings is 2. The summed E-state index contributed by atoms with van der Waals surface area (Å²) in [6.45, 7) is 0.505. The number of hydrogen-bond acceptors (Lipinski definition) is 6. The van der Waals surface area contributed by atoms with Gasteiger partial charge in [0.25, 0.3) is 11.8 Å². The maximum atomic E-state index is 12.3. The molecule has 40 heavy (non-hydrogen) atoms. The molecule has 0 saturated carbocycles. The Morgan fingerprint density at radius 2 is 0.800 bits per heavy atom. The molecule has 2 N–H and O–H groups in total. The van der Waals surface area contributed by atoms with Crippen LogP contribution in [0.25, 0.3) is 0 Å². The van der Waals surface area contributed by atoms with Crippen molar-refractivity contribution in [3.8, 4) is 0 Å². The van der Waals surface area contributed by atoms with Crippen molar-refractivity contribution in [1.82, 2.24) is 20.4 Å². The topological polar surface area (TPSA) is 133 Å². The normalized spacial score (nSPS) is 26.1. The van der Waals surface area contributed by atoms with Crippen molar-refractivity contribution in [2.45, 2.75) is 115 Å². The van der Waals surface area contributed by atoms with Crippen LogP contribution in [0.15, 0.2) is 24.3 Å². The van der Waals surface area contributed by atoms with Gasteiger partial charge in [0.1, 0.15) is 12.1 Å². The molecule has 220 valence electrons. The van der Waals surface area contributed by atoms with E-state index in [2.05, 4.69) is 34.9 Å². The maximum absolute atomic E-state index is 12.3. The largest absolute Gasteiger partial charge is 0.343 e. The number of nitrogens with one attached hydrogen (secondary N) is 2. The smallest absolute Gasteiger partial charge is 0.253 e. The van der Waals surface area contributed by atoms with Crippen LogP contribution in [0.4, 0.5) is 0 Å². The number of amides is 6. The highest BCUT2D eigenvalue weighted by atomic mass is 16.2. The molecule has 6 aliphatic rings. The summed E-state index contributed by atoms with van der Waals surface area (Å²) >= 11 is 0. The molecule has 10 nitrogen and oxygen atoms in total. The van der Waals surface area contributed by atoms with E-state index in [4.69, 9.17) is 0 Å². The molecular weight excluding hydrogens is 512 g/mol. The average Bonchev–Trinajstić information content (AvgIpc) is 2.93. The van der Waals surface area contributed by atoms with Gasteiger partial charge in [-0.1, -0.05) is 24.3 Å². The molecule has 2 fully saturated rings. The molecule has 2 saturated heterocycles. The van der Waals surface area contributed by atoms with E-state index in [1.807, 2.05) is 0 Å². The van der Waals surface area contributed by atoms with Crippen LogP contribution >= 0.6 is 0 Å². The Morgan fingerprint density at radius 1 is 0.475 bits per heavy atom. The van der Waals surface area contributed by atoms with E-state index in [1.165, 1.54) is 9.80 Å². The van der Waals surface area contributed by atoms with Gasteiger partial charge in [-0.25, -0.2) is 0 Å². The third kappa shape index (κ3) is 10.0. The van der Waals surface area contributed by atoms with Crippen molar-refractivity contribution in [1.29, 1.82) is 0 Å². The van der Waals surface area contributed by atoms with Gasteiger partial charge in [-0.15, -0.1) is 0 Å². The lowest BCUT2D eigenvalue weighted by Crippen LogP contribution is -2.65. The average molecular weight is 557 g/mol. The highest BCUT2D eigenvalue weighted by Crippen LogP contribution is 2.16. The maximum Gasteiger partial charge on any atom is 0.253 e. The molecule has 2 atom stereocenters. The summed E-state index contributed by atoms with van der Waals surface area (Å²) in [6.07, 6.45) is 19.2. The van der Waals surface area contributed by atoms with Crippen LogP contribution in [0, 0.1) is 0 Å². The fraction of sp³-hybridized carbons (Fsp3) is 0.667. The first-order valence-electron chi connectivity index (χ1n) is 14.9. The number of hydrogen-bond donors (Lipinski definition) is 2. The molecule has 0 aromatic rings. The molecule has 0 aliphatic carbocycles. The standard InChI is InChI=1S/C30H44N4O6/c35-25-17-13-9-5-1-2-6-10-14-18-26(36)32-24-22-34(30(24)40)28(38)20-16-12-8-4-3-7-11-15-19-27(37)33-21-23(31-25)29(33)39/h1-4,23-24H,5-22H2,(H,31,35)(H,32,36)/t23-,24-/m0/s1. The van der Waals surface area contributed by atoms with E-state index < -0.39 is 12.1 Å². The Labute approximate surface area is 237 Å². The predicted molar refractivity (Wildman–Crippen MR) is 149 cm³/mol. The first-order chi connectivity index (χ1) is 19.4. The second kappa shape index (κ2) is 16.7. The molecule has 6 rings (SSSR count). The summed E-state index contributed by atoms with van der Waals surface area (Å²) < 4.78 is 0. The van der Waals surface area contributed by atoms with Gasteiger partial charge < -0.3 is 10.6 Å². The highest BCUT2D eigenvalue weighted by molar-refractivity contribution is 6.05. The van der Waals surface area contributed by atoms with Gasteiger partial charge in [0.15, 0.2) is 0 Å². The van der Waals surface area contributed by atoms with Crippen LogP contribution in [0.5, 0.6) is 0 Å². The van der Waals surface area contributed by atoms with Crippen LogP contribution in [0.1, 0.15) is 103 Å². The quantitative estimate of drug-likeness (QED) is 0.268. The number of nitrogens with zero attached hydrogens (tertiary/aromatic N) is 2. The van der Waals surface area contributed by atoms with Gasteiger partial charge >= 0.3 is 0 Å². The van der Waals surface area contributed by atoms with Crippen LogP contribution < -0.4 is 10.6 Å². The second-order valence-electron chi connectivity index (χ2n) is 10.9. The van der Waals surface area contributed by atoms with Crippen LogP contribution in [-0.4, -0.2) is 70.4 Å². The van der Waals surface area contributed by atoms with Gasteiger partial charge in [-0.3, -0.25) is 38.6 Å². The summed E-state index contributed by atoms with van der Waals surface area (Å²) in [5.74, 6) is -1.32. The Kier molecular flexibility index (Phi) is 13.1. The number of allylic oxidation sites excluding steroid dienone is 4. The molecule has 0 aromatic heterocycles. The van der Waals surface area contributed by atoms with Crippen molar-refractivity contribution in [2.24, 2.45) is 0 Å². The molecule has 0 aromatic carbocycles. The second-order valence-corrected chi connectivity index (χ2v) is 10.9. The van der Waals surface area contributed by atoms with Gasteiger partial charge in [0.05, 0.1) is 13.1 Å². The lowest BCUT2D eigenvalue weighted by Gasteiger charge is -2.37. The minimum absolute atomic E-state index is 0.159. The van der Waals surface area contributed by atoms with E-state index in [9.17, 15) is 28.8 Å². The minimum Gasteiger partial charge on any atom is -0.343 e. The predicted octanol–water partition coefficient (Wildman–Crippen LogP) is 3.06. The monoisotopic (exact) mass is 556 g/mol. The van der Waals surface area contributed by atoms with E-state index in [0.717, 1.165) is 64.2 Å². The Balaban J connectivity index is 1.40. The lowest BCUT2D eigenvalue weighted by molar-refractivity contribution is -0.158. The lowest BCUT2D eigenvalue weighted by atomic mass is 10.0. The Bertz CT molecular complexity index is 915. The van der Waals surface area contributed by atoms with E-state index >= 15 is 0 Å². The third-order valence-electron chi connectivity index (χ3n) is 7.54. The highest BCUT2D eigenvalue weighted by Gasteiger charge is 2.41. The zero-order chi connectivity index (χ0) is 28.7. The molecule has 10 heteroatoms. The van der Waals surface area contributed by atoms with Gasteiger partial charge in [0.2, 0.25) is 23.6 Å². The summed E-state index contributed by atoms with van der Waals surface area (Å²) in [5.41, 5.74) is 0. The van der Waals surface area contributed by atoms with Crippen molar-refractivity contribution in [2.75, 3.05) is 13.1 Å². The summed E-state index contributed by atoms with van der Waals surface area (Å²) in [6, 6.07) is -1.18. The number of carbonyl (C=O) groups is 6. The molecule has 0 spiro atoms. The van der Waals surface area contributed by atoms with Crippen LogP contribution in [0.3, 0.4) is 0 Å². The summed E-state index contributed by atoms with van der Waals surface area (Å²) in [7, 11) is 0. The molecule has 4 bridgehead atoms. The van der Waals surface area contributed by atoms with Crippen molar-refractivity contribution >= 4 is 35.4 Å². The molecule has 6 aliphatic heterocycles. The van der Waals surface area contributed by atoms with Crippen molar-refractivity contribution in [3.63, 3.8) is 0 Å². The number of rotatable bonds is 0. The number of imide groups is 2. The molecule has 6 amide bonds. The molecule has 0 radical (unpaired) electrons. The first kappa shape index (κ1) is 31.2. The summed E-state index contributed by atoms with van der Waals surface area (Å²) in [5, 5.41) is 5.47. The fourth-order valence-electron chi connectivity index (χ4n) is 4.96. The van der Waals surface area contributed by atoms with Crippen molar-refractivity contribution in [3.05, 3.63) is 24.3 Å². The Morgan fingerprint density at radius 3 is 1.12 bits per heavy atom. The van der Waals surface area contributed by atoms with Gasteiger partial charge in [0, 0.05) is 25.7 Å². The van der Waals surface area contributed by atoms with E-state index in [1.54, 1.807) is 0 Å².